The smallest absolute Gasteiger partial charge is 0.338 e. The maximum Gasteiger partial charge on any atom is 0.338 e. The molecule has 3 rings (SSSR count). The molecule has 6 heteroatoms. The number of carbonyl (C=O) groups excluding carboxylic acids is 2. The van der Waals surface area contributed by atoms with Crippen LogP contribution in [-0.2, 0) is 9.53 Å². The lowest BCUT2D eigenvalue weighted by Gasteiger charge is -2.30. The Labute approximate surface area is 148 Å². The molecular weight excluding hydrogens is 318 g/mol. The van der Waals surface area contributed by atoms with Gasteiger partial charge in [-0.05, 0) is 25.0 Å². The molecule has 1 atom stereocenters. The van der Waals surface area contributed by atoms with E-state index >= 15 is 0 Å². The van der Waals surface area contributed by atoms with Crippen LogP contribution in [0.2, 0.25) is 0 Å². The van der Waals surface area contributed by atoms with E-state index in [0.29, 0.717) is 17.8 Å². The zero-order valence-electron chi connectivity index (χ0n) is 15.1. The molecule has 1 fully saturated rings. The lowest BCUT2D eigenvalue weighted by Crippen LogP contribution is -3.10. The third-order valence-electron chi connectivity index (χ3n) is 5.04. The molecule has 3 N–H and O–H groups in total. The maximum absolute atomic E-state index is 12.6. The van der Waals surface area contributed by atoms with Gasteiger partial charge in [0, 0.05) is 12.8 Å². The summed E-state index contributed by atoms with van der Waals surface area (Å²) in [6.45, 7) is 6.76. The largest absolute Gasteiger partial charge is 0.466 e. The van der Waals surface area contributed by atoms with Crippen molar-refractivity contribution in [1.29, 1.82) is 0 Å². The number of rotatable bonds is 4. The van der Waals surface area contributed by atoms with Crippen molar-refractivity contribution in [1.82, 2.24) is 10.6 Å². The Morgan fingerprint density at radius 3 is 2.68 bits per heavy atom. The normalized spacial score (nSPS) is 21.1. The van der Waals surface area contributed by atoms with E-state index in [1.807, 2.05) is 32.0 Å². The first-order valence-electron chi connectivity index (χ1n) is 8.79. The topological polar surface area (TPSA) is 71.9 Å². The summed E-state index contributed by atoms with van der Waals surface area (Å²) >= 11 is 0. The second-order valence-corrected chi connectivity index (χ2v) is 6.91. The molecule has 25 heavy (non-hydrogen) atoms. The zero-order chi connectivity index (χ0) is 18.0. The number of benzene rings is 1. The average Bonchev–Trinajstić information content (AvgIpc) is 3.09. The number of esters is 1. The molecular formula is C19H26N3O3+. The van der Waals surface area contributed by atoms with E-state index in [1.54, 1.807) is 0 Å². The average molecular weight is 344 g/mol. The van der Waals surface area contributed by atoms with Gasteiger partial charge in [0.1, 0.15) is 6.54 Å². The summed E-state index contributed by atoms with van der Waals surface area (Å²) in [7, 11) is 1.38. The Bertz CT molecular complexity index is 721. The van der Waals surface area contributed by atoms with Crippen molar-refractivity contribution in [2.24, 2.45) is 0 Å². The van der Waals surface area contributed by atoms with Crippen LogP contribution in [0.3, 0.4) is 0 Å². The highest BCUT2D eigenvalue weighted by molar-refractivity contribution is 5.95. The van der Waals surface area contributed by atoms with Gasteiger partial charge in [-0.1, -0.05) is 23.8 Å². The minimum Gasteiger partial charge on any atom is -0.466 e. The van der Waals surface area contributed by atoms with E-state index in [0.717, 1.165) is 29.8 Å². The summed E-state index contributed by atoms with van der Waals surface area (Å²) in [5.74, 6) is -0.396. The predicted octanol–water partition coefficient (Wildman–Crippen LogP) is 0.763. The Kier molecular flexibility index (Phi) is 5.08. The molecule has 0 aliphatic carbocycles. The van der Waals surface area contributed by atoms with Crippen LogP contribution in [0.1, 0.15) is 35.6 Å². The van der Waals surface area contributed by atoms with Crippen molar-refractivity contribution in [2.75, 3.05) is 26.7 Å². The predicted molar refractivity (Wildman–Crippen MR) is 94.2 cm³/mol. The quantitative estimate of drug-likeness (QED) is 0.707. The van der Waals surface area contributed by atoms with Crippen molar-refractivity contribution >= 4 is 12.0 Å². The highest BCUT2D eigenvalue weighted by Crippen LogP contribution is 2.30. The van der Waals surface area contributed by atoms with E-state index in [2.05, 4.69) is 10.6 Å². The van der Waals surface area contributed by atoms with Crippen molar-refractivity contribution in [2.45, 2.75) is 32.7 Å². The second-order valence-electron chi connectivity index (χ2n) is 6.91. The fourth-order valence-electron chi connectivity index (χ4n) is 3.71. The monoisotopic (exact) mass is 344 g/mol. The van der Waals surface area contributed by atoms with Gasteiger partial charge in [0.15, 0.2) is 0 Å². The minimum atomic E-state index is -0.488. The fourth-order valence-corrected chi connectivity index (χ4v) is 3.71. The molecule has 0 bridgehead atoms. The van der Waals surface area contributed by atoms with Gasteiger partial charge in [-0.3, -0.25) is 0 Å². The van der Waals surface area contributed by atoms with Crippen LogP contribution in [0, 0.1) is 13.8 Å². The number of aryl methyl sites for hydroxylation is 2. The SMILES string of the molecule is COC(=O)C1=C(C[NH+]2CCCC2)NC(=O)N[C@H]1c1cc(C)ccc1C. The zero-order valence-corrected chi connectivity index (χ0v) is 15.1. The standard InChI is InChI=1S/C19H25N3O3/c1-12-6-7-13(2)14(10-12)17-16(18(23)25-3)15(20-19(24)21-17)11-22-8-4-5-9-22/h6-7,10,17H,4-5,8-9,11H2,1-3H3,(H2,20,21,24)/p+1/t17-/m0/s1. The Hall–Kier alpha value is -2.34. The molecule has 0 spiro atoms. The number of hydrogen-bond acceptors (Lipinski definition) is 3. The molecule has 2 amide bonds. The Morgan fingerprint density at radius 2 is 2.00 bits per heavy atom. The minimum absolute atomic E-state index is 0.271. The third-order valence-corrected chi connectivity index (χ3v) is 5.04. The number of hydrogen-bond donors (Lipinski definition) is 3. The van der Waals surface area contributed by atoms with Gasteiger partial charge in [-0.25, -0.2) is 9.59 Å². The number of likely N-dealkylation sites (tertiary alicyclic amines) is 1. The molecule has 0 unspecified atom stereocenters. The van der Waals surface area contributed by atoms with Crippen LogP contribution in [0.25, 0.3) is 0 Å². The van der Waals surface area contributed by atoms with Crippen LogP contribution in [0.4, 0.5) is 4.79 Å². The summed E-state index contributed by atoms with van der Waals surface area (Å²) < 4.78 is 5.04. The number of nitrogens with one attached hydrogen (secondary N) is 3. The number of ether oxygens (including phenoxy) is 1. The van der Waals surface area contributed by atoms with E-state index in [-0.39, 0.29) is 6.03 Å². The van der Waals surface area contributed by atoms with Crippen molar-refractivity contribution in [3.63, 3.8) is 0 Å². The van der Waals surface area contributed by atoms with Gasteiger partial charge >= 0.3 is 12.0 Å². The summed E-state index contributed by atoms with van der Waals surface area (Å²) in [5, 5.41) is 5.75. The molecule has 2 aliphatic rings. The fraction of sp³-hybridized carbons (Fsp3) is 0.474. The molecule has 1 aromatic rings. The second kappa shape index (κ2) is 7.27. The van der Waals surface area contributed by atoms with Gasteiger partial charge in [0.2, 0.25) is 0 Å². The summed E-state index contributed by atoms with van der Waals surface area (Å²) in [6, 6.07) is 5.30. The Morgan fingerprint density at radius 1 is 1.28 bits per heavy atom. The number of carbonyl (C=O) groups is 2. The highest BCUT2D eigenvalue weighted by atomic mass is 16.5. The van der Waals surface area contributed by atoms with Gasteiger partial charge in [-0.15, -0.1) is 0 Å². The Balaban J connectivity index is 2.05. The molecule has 134 valence electrons. The molecule has 1 saturated heterocycles. The lowest BCUT2D eigenvalue weighted by atomic mass is 9.91. The van der Waals surface area contributed by atoms with Crippen LogP contribution < -0.4 is 15.5 Å². The maximum atomic E-state index is 12.6. The van der Waals surface area contributed by atoms with Crippen LogP contribution >= 0.6 is 0 Å². The number of urea groups is 1. The molecule has 0 saturated carbocycles. The molecule has 2 heterocycles. The molecule has 6 nitrogen and oxygen atoms in total. The van der Waals surface area contributed by atoms with Gasteiger partial charge < -0.3 is 20.3 Å². The van der Waals surface area contributed by atoms with E-state index in [9.17, 15) is 9.59 Å². The van der Waals surface area contributed by atoms with Crippen LogP contribution in [0.5, 0.6) is 0 Å². The summed E-state index contributed by atoms with van der Waals surface area (Å²) in [6.07, 6.45) is 2.37. The van der Waals surface area contributed by atoms with Crippen molar-refractivity contribution < 1.29 is 19.2 Å². The van der Waals surface area contributed by atoms with E-state index < -0.39 is 12.0 Å². The third kappa shape index (κ3) is 3.69. The van der Waals surface area contributed by atoms with E-state index in [1.165, 1.54) is 24.9 Å². The van der Waals surface area contributed by atoms with Gasteiger partial charge in [0.05, 0.1) is 37.5 Å². The molecule has 1 aromatic carbocycles. The lowest BCUT2D eigenvalue weighted by molar-refractivity contribution is -0.882. The first-order valence-corrected chi connectivity index (χ1v) is 8.79. The van der Waals surface area contributed by atoms with Crippen LogP contribution in [-0.4, -0.2) is 38.7 Å². The molecule has 0 radical (unpaired) electrons. The molecule has 0 aromatic heterocycles. The number of amides is 2. The van der Waals surface area contributed by atoms with Crippen molar-refractivity contribution in [3.05, 3.63) is 46.2 Å². The van der Waals surface area contributed by atoms with Crippen molar-refractivity contribution in [3.8, 4) is 0 Å². The first kappa shape index (κ1) is 17.5. The van der Waals surface area contributed by atoms with E-state index in [4.69, 9.17) is 4.74 Å². The summed E-state index contributed by atoms with van der Waals surface area (Å²) in [5.41, 5.74) is 4.24. The number of quaternary nitrogens is 1. The first-order chi connectivity index (χ1) is 12.0. The summed E-state index contributed by atoms with van der Waals surface area (Å²) in [4.78, 5) is 26.2. The highest BCUT2D eigenvalue weighted by Gasteiger charge is 2.36. The number of methoxy groups -OCH3 is 1. The van der Waals surface area contributed by atoms with Gasteiger partial charge in [-0.2, -0.15) is 0 Å². The molecule has 2 aliphatic heterocycles. The van der Waals surface area contributed by atoms with Gasteiger partial charge in [0.25, 0.3) is 0 Å². The van der Waals surface area contributed by atoms with Crippen LogP contribution in [0.15, 0.2) is 29.5 Å².